The number of aromatic nitrogens is 1. The van der Waals surface area contributed by atoms with Gasteiger partial charge < -0.3 is 10.2 Å². The first-order chi connectivity index (χ1) is 6.91. The molecule has 0 aromatic carbocycles. The molecule has 0 aliphatic carbocycles. The topological polar surface area (TPSA) is 70.4 Å². The van der Waals surface area contributed by atoms with Crippen molar-refractivity contribution in [3.8, 4) is 5.75 Å². The van der Waals surface area contributed by atoms with Crippen molar-refractivity contribution in [2.45, 2.75) is 12.8 Å². The number of carbonyl (C=O) groups is 1. The first-order valence-electron chi connectivity index (χ1n) is 3.80. The van der Waals surface area contributed by atoms with E-state index in [4.69, 9.17) is 10.2 Å². The lowest BCUT2D eigenvalue weighted by molar-refractivity contribution is -0.136. The Bertz CT molecular complexity index is 395. The van der Waals surface area contributed by atoms with Gasteiger partial charge >= 0.3 is 5.97 Å². The van der Waals surface area contributed by atoms with E-state index in [0.29, 0.717) is 6.07 Å². The van der Waals surface area contributed by atoms with Crippen LogP contribution in [0.15, 0.2) is 6.07 Å². The summed E-state index contributed by atoms with van der Waals surface area (Å²) >= 11 is 0. The van der Waals surface area contributed by atoms with Crippen molar-refractivity contribution in [3.63, 3.8) is 0 Å². The quantitative estimate of drug-likeness (QED) is 0.811. The van der Waals surface area contributed by atoms with Crippen LogP contribution in [0, 0.1) is 5.82 Å². The molecule has 1 aromatic rings. The monoisotopic (exact) mass is 221 g/mol. The van der Waals surface area contributed by atoms with Crippen LogP contribution < -0.4 is 0 Å². The van der Waals surface area contributed by atoms with E-state index in [1.165, 1.54) is 0 Å². The molecule has 0 amide bonds. The number of carboxylic acids is 1. The summed E-state index contributed by atoms with van der Waals surface area (Å²) in [6.45, 7) is 0. The molecule has 82 valence electrons. The fourth-order valence-corrected chi connectivity index (χ4v) is 0.975. The lowest BCUT2D eigenvalue weighted by Gasteiger charge is -2.05. The van der Waals surface area contributed by atoms with Gasteiger partial charge in [0, 0.05) is 0 Å². The maximum Gasteiger partial charge on any atom is 0.309 e. The molecular weight excluding hydrogens is 215 g/mol. The van der Waals surface area contributed by atoms with Crippen molar-refractivity contribution >= 4 is 5.97 Å². The van der Waals surface area contributed by atoms with E-state index in [9.17, 15) is 18.0 Å². The van der Waals surface area contributed by atoms with Crippen LogP contribution in [0.2, 0.25) is 0 Å². The summed E-state index contributed by atoms with van der Waals surface area (Å²) in [5.41, 5.74) is -1.51. The SMILES string of the molecule is O=C(O)Cc1cc(F)c(O)c(C(F)F)n1. The molecule has 1 aromatic heterocycles. The Kier molecular flexibility index (Phi) is 3.13. The zero-order valence-electron chi connectivity index (χ0n) is 7.25. The largest absolute Gasteiger partial charge is 0.503 e. The zero-order valence-corrected chi connectivity index (χ0v) is 7.25. The zero-order chi connectivity index (χ0) is 11.6. The molecule has 15 heavy (non-hydrogen) atoms. The number of nitrogens with zero attached hydrogens (tertiary/aromatic N) is 1. The van der Waals surface area contributed by atoms with Gasteiger partial charge in [-0.1, -0.05) is 0 Å². The Labute approximate surface area is 82.0 Å². The van der Waals surface area contributed by atoms with Crippen LogP contribution in [-0.2, 0) is 11.2 Å². The third kappa shape index (κ3) is 2.58. The molecule has 2 N–H and O–H groups in total. The number of halogens is 3. The molecule has 0 aliphatic rings. The second-order valence-corrected chi connectivity index (χ2v) is 2.70. The van der Waals surface area contributed by atoms with Crippen molar-refractivity contribution in [3.05, 3.63) is 23.3 Å². The lowest BCUT2D eigenvalue weighted by Crippen LogP contribution is -2.05. The predicted octanol–water partition coefficient (Wildman–Crippen LogP) is 1.49. The van der Waals surface area contributed by atoms with E-state index in [1.54, 1.807) is 0 Å². The number of aromatic hydroxyl groups is 1. The minimum atomic E-state index is -3.16. The number of aliphatic carboxylic acids is 1. The molecule has 0 aliphatic heterocycles. The lowest BCUT2D eigenvalue weighted by atomic mass is 10.2. The van der Waals surface area contributed by atoms with Crippen molar-refractivity contribution in [1.29, 1.82) is 0 Å². The Morgan fingerprint density at radius 2 is 2.13 bits per heavy atom. The molecule has 1 heterocycles. The first-order valence-corrected chi connectivity index (χ1v) is 3.80. The number of alkyl halides is 2. The van der Waals surface area contributed by atoms with Gasteiger partial charge in [0.2, 0.25) is 0 Å². The summed E-state index contributed by atoms with van der Waals surface area (Å²) in [6.07, 6.45) is -3.84. The van der Waals surface area contributed by atoms with E-state index >= 15 is 0 Å². The van der Waals surface area contributed by atoms with Gasteiger partial charge in [-0.05, 0) is 6.07 Å². The minimum absolute atomic E-state index is 0.367. The highest BCUT2D eigenvalue weighted by Gasteiger charge is 2.20. The standard InChI is InChI=1S/C8H6F3NO3/c9-4-1-3(2-5(13)14)12-6(7(4)15)8(10)11/h1,8,15H,2H2,(H,13,14). The van der Waals surface area contributed by atoms with Crippen LogP contribution in [-0.4, -0.2) is 21.2 Å². The van der Waals surface area contributed by atoms with Crippen LogP contribution in [0.4, 0.5) is 13.2 Å². The molecule has 0 fully saturated rings. The molecule has 0 unspecified atom stereocenters. The number of pyridine rings is 1. The maximum absolute atomic E-state index is 12.8. The summed E-state index contributed by atoms with van der Waals surface area (Å²) in [5, 5.41) is 17.2. The van der Waals surface area contributed by atoms with E-state index < -0.39 is 36.1 Å². The van der Waals surface area contributed by atoms with Gasteiger partial charge in [0.25, 0.3) is 6.43 Å². The number of hydrogen-bond donors (Lipinski definition) is 2. The molecular formula is C8H6F3NO3. The Hall–Kier alpha value is -1.79. The summed E-state index contributed by atoms with van der Waals surface area (Å²) in [6, 6.07) is 0.606. The van der Waals surface area contributed by atoms with Gasteiger partial charge in [0.15, 0.2) is 17.3 Å². The van der Waals surface area contributed by atoms with E-state index in [2.05, 4.69) is 4.98 Å². The summed E-state index contributed by atoms with van der Waals surface area (Å²) in [7, 11) is 0. The van der Waals surface area contributed by atoms with Gasteiger partial charge in [-0.2, -0.15) is 0 Å². The average molecular weight is 221 g/mol. The van der Waals surface area contributed by atoms with E-state index in [0.717, 1.165) is 0 Å². The van der Waals surface area contributed by atoms with Gasteiger partial charge in [0.05, 0.1) is 12.1 Å². The highest BCUT2D eigenvalue weighted by atomic mass is 19.3. The van der Waals surface area contributed by atoms with Crippen LogP contribution in [0.25, 0.3) is 0 Å². The fraction of sp³-hybridized carbons (Fsp3) is 0.250. The molecule has 7 heteroatoms. The average Bonchev–Trinajstić information content (AvgIpc) is 2.09. The number of carboxylic acid groups (broad SMARTS) is 1. The van der Waals surface area contributed by atoms with Gasteiger partial charge in [-0.25, -0.2) is 18.2 Å². The summed E-state index contributed by atoms with van der Waals surface area (Å²) in [5.74, 6) is -3.89. The van der Waals surface area contributed by atoms with Crippen molar-refractivity contribution in [2.24, 2.45) is 0 Å². The molecule has 0 radical (unpaired) electrons. The van der Waals surface area contributed by atoms with E-state index in [-0.39, 0.29) is 5.69 Å². The fourth-order valence-electron chi connectivity index (χ4n) is 0.975. The Morgan fingerprint density at radius 1 is 1.53 bits per heavy atom. The second kappa shape index (κ2) is 4.16. The normalized spacial score (nSPS) is 10.7. The third-order valence-electron chi connectivity index (χ3n) is 1.57. The molecule has 0 bridgehead atoms. The van der Waals surface area contributed by atoms with Crippen LogP contribution >= 0.6 is 0 Å². The maximum atomic E-state index is 12.8. The third-order valence-corrected chi connectivity index (χ3v) is 1.57. The smallest absolute Gasteiger partial charge is 0.309 e. The van der Waals surface area contributed by atoms with Crippen LogP contribution in [0.1, 0.15) is 17.8 Å². The highest BCUT2D eigenvalue weighted by molar-refractivity contribution is 5.69. The minimum Gasteiger partial charge on any atom is -0.503 e. The number of hydrogen-bond acceptors (Lipinski definition) is 3. The van der Waals surface area contributed by atoms with Crippen LogP contribution in [0.3, 0.4) is 0 Å². The molecule has 0 atom stereocenters. The molecule has 4 nitrogen and oxygen atoms in total. The molecule has 0 saturated carbocycles. The predicted molar refractivity (Wildman–Crippen MR) is 42.2 cm³/mol. The Morgan fingerprint density at radius 3 is 2.60 bits per heavy atom. The van der Waals surface area contributed by atoms with Crippen molar-refractivity contribution < 1.29 is 28.2 Å². The van der Waals surface area contributed by atoms with Gasteiger partial charge in [-0.3, -0.25) is 4.79 Å². The van der Waals surface area contributed by atoms with Crippen molar-refractivity contribution in [1.82, 2.24) is 4.98 Å². The second-order valence-electron chi connectivity index (χ2n) is 2.70. The molecule has 1 rings (SSSR count). The van der Waals surface area contributed by atoms with E-state index in [1.807, 2.05) is 0 Å². The highest BCUT2D eigenvalue weighted by Crippen LogP contribution is 2.28. The molecule has 0 saturated heterocycles. The molecule has 0 spiro atoms. The summed E-state index contributed by atoms with van der Waals surface area (Å²) < 4.78 is 37.2. The number of rotatable bonds is 3. The summed E-state index contributed by atoms with van der Waals surface area (Å²) in [4.78, 5) is 13.4. The van der Waals surface area contributed by atoms with Gasteiger partial charge in [0.1, 0.15) is 0 Å². The first kappa shape index (κ1) is 11.3. The van der Waals surface area contributed by atoms with Gasteiger partial charge in [-0.15, -0.1) is 0 Å². The Balaban J connectivity index is 3.17. The van der Waals surface area contributed by atoms with Crippen molar-refractivity contribution in [2.75, 3.05) is 0 Å². The van der Waals surface area contributed by atoms with Crippen LogP contribution in [0.5, 0.6) is 5.75 Å².